The molecule has 2 aromatic carbocycles. The maximum atomic E-state index is 13.7. The van der Waals surface area contributed by atoms with Crippen LogP contribution in [0.3, 0.4) is 0 Å². The van der Waals surface area contributed by atoms with Gasteiger partial charge in [0.2, 0.25) is 0 Å². The van der Waals surface area contributed by atoms with E-state index in [1.54, 1.807) is 49.4 Å². The summed E-state index contributed by atoms with van der Waals surface area (Å²) in [5.74, 6) is -0.259. The molecular formula is C16H13ClFNO. The molecule has 0 aliphatic carbocycles. The minimum atomic E-state index is -0.259. The number of allylic oxidation sites excluding steroid dienone is 1. The van der Waals surface area contributed by atoms with Gasteiger partial charge < -0.3 is 5.21 Å². The van der Waals surface area contributed by atoms with E-state index in [9.17, 15) is 4.39 Å². The fourth-order valence-electron chi connectivity index (χ4n) is 1.86. The Morgan fingerprint density at radius 3 is 2.40 bits per heavy atom. The normalized spacial score (nSPS) is 12.6. The van der Waals surface area contributed by atoms with Crippen molar-refractivity contribution >= 4 is 22.8 Å². The summed E-state index contributed by atoms with van der Waals surface area (Å²) < 4.78 is 13.7. The van der Waals surface area contributed by atoms with Crippen molar-refractivity contribution in [2.24, 2.45) is 5.16 Å². The van der Waals surface area contributed by atoms with Gasteiger partial charge in [0.05, 0.1) is 11.2 Å². The van der Waals surface area contributed by atoms with Crippen molar-refractivity contribution in [2.75, 3.05) is 0 Å². The molecule has 20 heavy (non-hydrogen) atoms. The standard InChI is InChI=1S/C16H13ClFNO/c1-11(10-19-20)16(17)13-8-6-12(7-9-13)14-4-2-3-5-15(14)18/h2-10,20H,1H3/b16-11-,19-10-. The number of nitrogens with zero attached hydrogens (tertiary/aromatic N) is 1. The van der Waals surface area contributed by atoms with Crippen LogP contribution in [0.5, 0.6) is 0 Å². The first-order valence-corrected chi connectivity index (χ1v) is 6.40. The molecule has 2 aromatic rings. The Hall–Kier alpha value is -2.13. The van der Waals surface area contributed by atoms with Crippen LogP contribution >= 0.6 is 11.6 Å². The zero-order chi connectivity index (χ0) is 14.5. The molecule has 0 heterocycles. The first-order chi connectivity index (χ1) is 9.63. The van der Waals surface area contributed by atoms with Crippen molar-refractivity contribution in [2.45, 2.75) is 6.92 Å². The second-order valence-corrected chi connectivity index (χ2v) is 4.68. The first kappa shape index (κ1) is 14.3. The number of rotatable bonds is 3. The summed E-state index contributed by atoms with van der Waals surface area (Å²) in [6, 6.07) is 13.8. The molecule has 0 spiro atoms. The Bertz CT molecular complexity index is 662. The Morgan fingerprint density at radius 1 is 1.15 bits per heavy atom. The molecule has 0 fully saturated rings. The van der Waals surface area contributed by atoms with Crippen LogP contribution in [0.15, 0.2) is 59.3 Å². The predicted molar refractivity (Wildman–Crippen MR) is 80.6 cm³/mol. The molecule has 0 aliphatic heterocycles. The summed E-state index contributed by atoms with van der Waals surface area (Å²) >= 11 is 6.17. The fourth-order valence-corrected chi connectivity index (χ4v) is 2.04. The third-order valence-corrected chi connectivity index (χ3v) is 3.44. The Labute approximate surface area is 121 Å². The summed E-state index contributed by atoms with van der Waals surface area (Å²) in [4.78, 5) is 0. The lowest BCUT2D eigenvalue weighted by Gasteiger charge is -2.06. The molecule has 0 aliphatic rings. The van der Waals surface area contributed by atoms with E-state index < -0.39 is 0 Å². The van der Waals surface area contributed by atoms with E-state index in [0.29, 0.717) is 16.2 Å². The van der Waals surface area contributed by atoms with Gasteiger partial charge in [-0.25, -0.2) is 4.39 Å². The van der Waals surface area contributed by atoms with Crippen LogP contribution in [0.4, 0.5) is 4.39 Å². The van der Waals surface area contributed by atoms with Gasteiger partial charge in [0.15, 0.2) is 0 Å². The lowest BCUT2D eigenvalue weighted by atomic mass is 10.0. The molecule has 4 heteroatoms. The highest BCUT2D eigenvalue weighted by Crippen LogP contribution is 2.27. The largest absolute Gasteiger partial charge is 0.411 e. The molecule has 0 atom stereocenters. The SMILES string of the molecule is CC(/C=N\O)=C(/Cl)c1ccc(-c2ccccc2F)cc1. The number of oxime groups is 1. The summed E-state index contributed by atoms with van der Waals surface area (Å²) in [6.45, 7) is 1.74. The topological polar surface area (TPSA) is 32.6 Å². The van der Waals surface area contributed by atoms with Gasteiger partial charge in [-0.3, -0.25) is 0 Å². The van der Waals surface area contributed by atoms with Gasteiger partial charge in [-0.1, -0.05) is 59.2 Å². The molecule has 0 bridgehead atoms. The van der Waals surface area contributed by atoms with Crippen LogP contribution < -0.4 is 0 Å². The monoisotopic (exact) mass is 289 g/mol. The van der Waals surface area contributed by atoms with Gasteiger partial charge in [0.25, 0.3) is 0 Å². The number of hydrogen-bond donors (Lipinski definition) is 1. The highest BCUT2D eigenvalue weighted by atomic mass is 35.5. The van der Waals surface area contributed by atoms with Crippen LogP contribution in [0.25, 0.3) is 16.2 Å². The van der Waals surface area contributed by atoms with Gasteiger partial charge in [-0.2, -0.15) is 0 Å². The van der Waals surface area contributed by atoms with Gasteiger partial charge in [0.1, 0.15) is 5.82 Å². The molecule has 0 aromatic heterocycles. The lowest BCUT2D eigenvalue weighted by molar-refractivity contribution is 0.321. The third-order valence-electron chi connectivity index (χ3n) is 2.92. The summed E-state index contributed by atoms with van der Waals surface area (Å²) in [5, 5.41) is 11.9. The van der Waals surface area contributed by atoms with E-state index in [4.69, 9.17) is 16.8 Å². The molecule has 1 N–H and O–H groups in total. The molecule has 0 saturated heterocycles. The molecule has 0 saturated carbocycles. The molecule has 102 valence electrons. The smallest absolute Gasteiger partial charge is 0.131 e. The molecule has 0 radical (unpaired) electrons. The van der Waals surface area contributed by atoms with Gasteiger partial charge in [0, 0.05) is 5.56 Å². The van der Waals surface area contributed by atoms with E-state index in [1.807, 2.05) is 0 Å². The van der Waals surface area contributed by atoms with E-state index in [0.717, 1.165) is 11.1 Å². The maximum absolute atomic E-state index is 13.7. The fraction of sp³-hybridized carbons (Fsp3) is 0.0625. The molecule has 2 nitrogen and oxygen atoms in total. The Morgan fingerprint density at radius 2 is 1.80 bits per heavy atom. The van der Waals surface area contributed by atoms with E-state index >= 15 is 0 Å². The molecule has 2 rings (SSSR count). The zero-order valence-electron chi connectivity index (χ0n) is 10.8. The highest BCUT2D eigenvalue weighted by molar-refractivity contribution is 6.50. The average Bonchev–Trinajstić information content (AvgIpc) is 2.47. The lowest BCUT2D eigenvalue weighted by Crippen LogP contribution is -1.87. The molecule has 0 amide bonds. The van der Waals surface area contributed by atoms with Crippen LogP contribution in [-0.4, -0.2) is 11.4 Å². The quantitative estimate of drug-likeness (QED) is 0.485. The van der Waals surface area contributed by atoms with Crippen molar-refractivity contribution in [3.63, 3.8) is 0 Å². The Kier molecular flexibility index (Phi) is 4.53. The second-order valence-electron chi connectivity index (χ2n) is 4.30. The third kappa shape index (κ3) is 3.06. The van der Waals surface area contributed by atoms with Crippen LogP contribution in [0, 0.1) is 5.82 Å². The van der Waals surface area contributed by atoms with Crippen molar-refractivity contribution in [1.82, 2.24) is 0 Å². The number of halogens is 2. The van der Waals surface area contributed by atoms with Crippen molar-refractivity contribution < 1.29 is 9.60 Å². The van der Waals surface area contributed by atoms with Gasteiger partial charge in [-0.05, 0) is 29.7 Å². The van der Waals surface area contributed by atoms with E-state index in [2.05, 4.69) is 5.16 Å². The number of benzene rings is 2. The second kappa shape index (κ2) is 6.35. The Balaban J connectivity index is 2.37. The van der Waals surface area contributed by atoms with E-state index in [1.165, 1.54) is 12.3 Å². The minimum absolute atomic E-state index is 0.259. The van der Waals surface area contributed by atoms with Crippen LogP contribution in [-0.2, 0) is 0 Å². The van der Waals surface area contributed by atoms with Crippen LogP contribution in [0.2, 0.25) is 0 Å². The first-order valence-electron chi connectivity index (χ1n) is 6.02. The summed E-state index contributed by atoms with van der Waals surface area (Å²) in [7, 11) is 0. The molecule has 0 unspecified atom stereocenters. The summed E-state index contributed by atoms with van der Waals surface area (Å²) in [5.41, 5.74) is 2.76. The van der Waals surface area contributed by atoms with Gasteiger partial charge >= 0.3 is 0 Å². The van der Waals surface area contributed by atoms with Crippen molar-refractivity contribution in [1.29, 1.82) is 0 Å². The van der Waals surface area contributed by atoms with Crippen LogP contribution in [0.1, 0.15) is 12.5 Å². The maximum Gasteiger partial charge on any atom is 0.131 e. The van der Waals surface area contributed by atoms with Gasteiger partial charge in [-0.15, -0.1) is 0 Å². The van der Waals surface area contributed by atoms with Crippen molar-refractivity contribution in [3.8, 4) is 11.1 Å². The number of hydrogen-bond acceptors (Lipinski definition) is 2. The highest BCUT2D eigenvalue weighted by Gasteiger charge is 2.06. The minimum Gasteiger partial charge on any atom is -0.411 e. The zero-order valence-corrected chi connectivity index (χ0v) is 11.6. The predicted octanol–water partition coefficient (Wildman–Crippen LogP) is 4.92. The van der Waals surface area contributed by atoms with Crippen molar-refractivity contribution in [3.05, 3.63) is 65.5 Å². The average molecular weight is 290 g/mol. The summed E-state index contributed by atoms with van der Waals surface area (Å²) in [6.07, 6.45) is 1.27. The molecular weight excluding hydrogens is 277 g/mol. The van der Waals surface area contributed by atoms with E-state index in [-0.39, 0.29) is 5.82 Å².